The summed E-state index contributed by atoms with van der Waals surface area (Å²) in [6, 6.07) is 30.3. The molecular formula is C26H18FNO. The molecule has 4 rings (SSSR count). The molecule has 0 fully saturated rings. The van der Waals surface area contributed by atoms with E-state index < -0.39 is 0 Å². The number of nitriles is 1. The molecule has 4 aromatic carbocycles. The summed E-state index contributed by atoms with van der Waals surface area (Å²) in [4.78, 5) is 0. The highest BCUT2D eigenvalue weighted by atomic mass is 19.1. The van der Waals surface area contributed by atoms with Crippen LogP contribution in [0, 0.1) is 17.1 Å². The van der Waals surface area contributed by atoms with Crippen LogP contribution in [-0.2, 0) is 6.61 Å². The Bertz CT molecular complexity index is 1240. The van der Waals surface area contributed by atoms with Gasteiger partial charge in [-0.3, -0.25) is 0 Å². The van der Waals surface area contributed by atoms with Crippen LogP contribution >= 0.6 is 0 Å². The topological polar surface area (TPSA) is 33.0 Å². The van der Waals surface area contributed by atoms with Gasteiger partial charge in [0.2, 0.25) is 0 Å². The zero-order valence-corrected chi connectivity index (χ0v) is 15.7. The van der Waals surface area contributed by atoms with Gasteiger partial charge in [0, 0.05) is 11.1 Å². The monoisotopic (exact) mass is 379 g/mol. The average molecular weight is 379 g/mol. The van der Waals surface area contributed by atoms with Crippen LogP contribution in [0.2, 0.25) is 0 Å². The first-order chi connectivity index (χ1) is 14.2. The molecule has 140 valence electrons. The van der Waals surface area contributed by atoms with Gasteiger partial charge < -0.3 is 4.74 Å². The van der Waals surface area contributed by atoms with E-state index in [0.717, 1.165) is 21.9 Å². The molecule has 0 bridgehead atoms. The molecule has 4 aromatic rings. The number of allylic oxidation sites excluding steroid dienone is 1. The molecule has 0 aromatic heterocycles. The Morgan fingerprint density at radius 2 is 1.59 bits per heavy atom. The molecule has 0 radical (unpaired) electrons. The van der Waals surface area contributed by atoms with Crippen LogP contribution in [-0.4, -0.2) is 0 Å². The number of benzene rings is 4. The highest BCUT2D eigenvalue weighted by Gasteiger charge is 2.08. The van der Waals surface area contributed by atoms with Crippen LogP contribution in [0.1, 0.15) is 16.7 Å². The highest BCUT2D eigenvalue weighted by Crippen LogP contribution is 2.27. The lowest BCUT2D eigenvalue weighted by atomic mass is 10.00. The summed E-state index contributed by atoms with van der Waals surface area (Å²) >= 11 is 0. The average Bonchev–Trinajstić information content (AvgIpc) is 2.77. The third-order valence-electron chi connectivity index (χ3n) is 4.74. The lowest BCUT2D eigenvalue weighted by Crippen LogP contribution is -1.99. The Balaban J connectivity index is 1.65. The normalized spacial score (nSPS) is 11.2. The number of ether oxygens (including phenoxy) is 1. The van der Waals surface area contributed by atoms with Gasteiger partial charge in [0.15, 0.2) is 0 Å². The molecule has 0 saturated carbocycles. The fourth-order valence-electron chi connectivity index (χ4n) is 3.19. The van der Waals surface area contributed by atoms with Crippen LogP contribution in [0.25, 0.3) is 22.4 Å². The molecular weight excluding hydrogens is 361 g/mol. The molecule has 0 aliphatic carbocycles. The maximum Gasteiger partial charge on any atom is 0.129 e. The maximum absolute atomic E-state index is 13.9. The van der Waals surface area contributed by atoms with Gasteiger partial charge in [0.25, 0.3) is 0 Å². The predicted octanol–water partition coefficient (Wildman–Crippen LogP) is 6.62. The van der Waals surface area contributed by atoms with Gasteiger partial charge >= 0.3 is 0 Å². The Morgan fingerprint density at radius 1 is 0.862 bits per heavy atom. The summed E-state index contributed by atoms with van der Waals surface area (Å²) in [5, 5.41) is 11.9. The fourth-order valence-corrected chi connectivity index (χ4v) is 3.19. The number of rotatable bonds is 5. The van der Waals surface area contributed by atoms with Crippen LogP contribution in [0.3, 0.4) is 0 Å². The lowest BCUT2D eigenvalue weighted by molar-refractivity contribution is 0.299. The van der Waals surface area contributed by atoms with Crippen molar-refractivity contribution >= 4 is 22.4 Å². The number of hydrogen-bond acceptors (Lipinski definition) is 2. The molecule has 2 nitrogen and oxygen atoms in total. The molecule has 0 spiro atoms. The summed E-state index contributed by atoms with van der Waals surface area (Å²) in [6.07, 6.45) is 1.81. The molecule has 0 heterocycles. The first-order valence-corrected chi connectivity index (χ1v) is 9.31. The van der Waals surface area contributed by atoms with Crippen molar-refractivity contribution in [3.63, 3.8) is 0 Å². The Hall–Kier alpha value is -3.90. The number of para-hydroxylation sites is 1. The Labute approximate surface area is 169 Å². The van der Waals surface area contributed by atoms with Gasteiger partial charge in [-0.2, -0.15) is 5.26 Å². The minimum absolute atomic E-state index is 0.120. The summed E-state index contributed by atoms with van der Waals surface area (Å²) in [5.41, 5.74) is 2.64. The van der Waals surface area contributed by atoms with E-state index in [-0.39, 0.29) is 12.4 Å². The summed E-state index contributed by atoms with van der Waals surface area (Å²) in [6.45, 7) is 0.120. The van der Waals surface area contributed by atoms with Crippen molar-refractivity contribution in [1.29, 1.82) is 5.26 Å². The van der Waals surface area contributed by atoms with E-state index in [4.69, 9.17) is 4.74 Å². The van der Waals surface area contributed by atoms with E-state index >= 15 is 0 Å². The minimum Gasteiger partial charge on any atom is -0.488 e. The molecule has 0 unspecified atom stereocenters. The van der Waals surface area contributed by atoms with E-state index in [0.29, 0.717) is 16.9 Å². The quantitative estimate of drug-likeness (QED) is 0.288. The van der Waals surface area contributed by atoms with Gasteiger partial charge in [-0.05, 0) is 40.6 Å². The number of halogens is 1. The van der Waals surface area contributed by atoms with E-state index in [2.05, 4.69) is 6.07 Å². The summed E-state index contributed by atoms with van der Waals surface area (Å²) in [7, 11) is 0. The fraction of sp³-hybridized carbons (Fsp3) is 0.0385. The smallest absolute Gasteiger partial charge is 0.129 e. The molecule has 0 amide bonds. The van der Waals surface area contributed by atoms with Crippen LogP contribution in [0.15, 0.2) is 91.0 Å². The number of nitrogens with zero attached hydrogens (tertiary/aromatic N) is 1. The van der Waals surface area contributed by atoms with Crippen molar-refractivity contribution in [2.45, 2.75) is 6.61 Å². The number of hydrogen-bond donors (Lipinski definition) is 0. The third kappa shape index (κ3) is 4.17. The van der Waals surface area contributed by atoms with Crippen molar-refractivity contribution in [1.82, 2.24) is 0 Å². The van der Waals surface area contributed by atoms with Crippen molar-refractivity contribution in [3.8, 4) is 11.8 Å². The predicted molar refractivity (Wildman–Crippen MR) is 115 cm³/mol. The molecule has 0 N–H and O–H groups in total. The minimum atomic E-state index is -0.297. The SMILES string of the molecule is N#C/C(=C/c1ccccc1OCc1ccccc1F)c1ccc2ccccc2c1. The van der Waals surface area contributed by atoms with E-state index in [1.54, 1.807) is 24.3 Å². The lowest BCUT2D eigenvalue weighted by Gasteiger charge is -2.10. The van der Waals surface area contributed by atoms with Crippen molar-refractivity contribution in [2.24, 2.45) is 0 Å². The number of fused-ring (bicyclic) bond motifs is 1. The van der Waals surface area contributed by atoms with Crippen molar-refractivity contribution in [3.05, 3.63) is 114 Å². The second-order valence-corrected chi connectivity index (χ2v) is 6.65. The van der Waals surface area contributed by atoms with Gasteiger partial charge in [-0.1, -0.05) is 72.8 Å². The molecule has 0 aliphatic heterocycles. The first-order valence-electron chi connectivity index (χ1n) is 9.31. The second kappa shape index (κ2) is 8.41. The molecule has 0 atom stereocenters. The largest absolute Gasteiger partial charge is 0.488 e. The Kier molecular flexibility index (Phi) is 5.36. The third-order valence-corrected chi connectivity index (χ3v) is 4.74. The molecule has 0 aliphatic rings. The first kappa shape index (κ1) is 18.5. The zero-order valence-electron chi connectivity index (χ0n) is 15.7. The standard InChI is InChI=1S/C26H18FNO/c27-25-11-5-3-10-23(25)18-29-26-12-6-4-9-22(26)16-24(17-28)21-14-13-19-7-1-2-8-20(19)15-21/h1-16H,18H2/b24-16-. The zero-order chi connectivity index (χ0) is 20.1. The van der Waals surface area contributed by atoms with Crippen LogP contribution in [0.5, 0.6) is 5.75 Å². The van der Waals surface area contributed by atoms with Crippen LogP contribution < -0.4 is 4.74 Å². The molecule has 0 saturated heterocycles. The van der Waals surface area contributed by atoms with Gasteiger partial charge in [0.05, 0.1) is 11.6 Å². The highest BCUT2D eigenvalue weighted by molar-refractivity contribution is 5.94. The van der Waals surface area contributed by atoms with E-state index in [9.17, 15) is 9.65 Å². The Morgan fingerprint density at radius 3 is 2.41 bits per heavy atom. The van der Waals surface area contributed by atoms with E-state index in [1.807, 2.05) is 66.7 Å². The molecule has 3 heteroatoms. The van der Waals surface area contributed by atoms with E-state index in [1.165, 1.54) is 6.07 Å². The van der Waals surface area contributed by atoms with Crippen molar-refractivity contribution in [2.75, 3.05) is 0 Å². The van der Waals surface area contributed by atoms with Crippen LogP contribution in [0.4, 0.5) is 4.39 Å². The van der Waals surface area contributed by atoms with Gasteiger partial charge in [0.1, 0.15) is 18.2 Å². The van der Waals surface area contributed by atoms with Crippen molar-refractivity contribution < 1.29 is 9.13 Å². The maximum atomic E-state index is 13.9. The summed E-state index contributed by atoms with van der Waals surface area (Å²) < 4.78 is 19.7. The second-order valence-electron chi connectivity index (χ2n) is 6.65. The summed E-state index contributed by atoms with van der Waals surface area (Å²) in [5.74, 6) is 0.304. The van der Waals surface area contributed by atoms with Gasteiger partial charge in [-0.25, -0.2) is 4.39 Å². The molecule has 29 heavy (non-hydrogen) atoms. The van der Waals surface area contributed by atoms with Gasteiger partial charge in [-0.15, -0.1) is 0 Å².